The van der Waals surface area contributed by atoms with Crippen LogP contribution in [0.15, 0.2) is 18.2 Å². The molecule has 88 valence electrons. The van der Waals surface area contributed by atoms with Crippen molar-refractivity contribution in [1.82, 2.24) is 0 Å². The number of benzene rings is 1. The van der Waals surface area contributed by atoms with E-state index in [0.29, 0.717) is 0 Å². The van der Waals surface area contributed by atoms with E-state index in [1.807, 2.05) is 0 Å². The van der Waals surface area contributed by atoms with Crippen LogP contribution in [0.4, 0.5) is 0 Å². The summed E-state index contributed by atoms with van der Waals surface area (Å²) >= 11 is 0. The van der Waals surface area contributed by atoms with Crippen molar-refractivity contribution in [2.75, 3.05) is 0 Å². The number of carboxylic acids is 1. The number of unbranched alkanes of at least 4 members (excludes halogenated alkanes) is 2. The van der Waals surface area contributed by atoms with E-state index >= 15 is 0 Å². The number of aliphatic carboxylic acids is 1. The van der Waals surface area contributed by atoms with Crippen LogP contribution >= 0.6 is 0 Å². The molecule has 4 heteroatoms. The van der Waals surface area contributed by atoms with Crippen molar-refractivity contribution in [3.8, 4) is 5.75 Å². The first kappa shape index (κ1) is 16.5. The number of carboxylic acid groups (broad SMARTS) is 1. The zero-order chi connectivity index (χ0) is 12.0. The predicted octanol–water partition coefficient (Wildman–Crippen LogP) is -0.244. The number of hydrogen-bond acceptors (Lipinski definition) is 2. The van der Waals surface area contributed by atoms with Gasteiger partial charge in [-0.15, -0.1) is 0 Å². The normalized spacial score (nSPS) is 9.71. The Kier molecular flexibility index (Phi) is 8.30. The van der Waals surface area contributed by atoms with Crippen molar-refractivity contribution >= 4 is 5.97 Å². The van der Waals surface area contributed by atoms with E-state index in [1.165, 1.54) is 0 Å². The van der Waals surface area contributed by atoms with E-state index in [-0.39, 0.29) is 41.7 Å². The standard InChI is InChI=1S/C13H18O3.Na/c1-2-3-4-5-11-8-10(9-13(15)16)6-7-12(11)14;/h6-8,14H,2-5,9H2,1H3,(H,15,16);/q;+1. The van der Waals surface area contributed by atoms with Crippen LogP contribution < -0.4 is 29.6 Å². The van der Waals surface area contributed by atoms with Crippen molar-refractivity contribution in [1.29, 1.82) is 0 Å². The Morgan fingerprint density at radius 2 is 2.00 bits per heavy atom. The average molecular weight is 245 g/mol. The largest absolute Gasteiger partial charge is 1.00 e. The third-order valence-electron chi connectivity index (χ3n) is 2.55. The molecule has 0 unspecified atom stereocenters. The number of aromatic hydroxyl groups is 1. The predicted molar refractivity (Wildman–Crippen MR) is 62.7 cm³/mol. The number of carbonyl (C=O) groups is 1. The summed E-state index contributed by atoms with van der Waals surface area (Å²) in [5.74, 6) is -0.574. The van der Waals surface area contributed by atoms with Gasteiger partial charge < -0.3 is 10.2 Å². The summed E-state index contributed by atoms with van der Waals surface area (Å²) in [6.45, 7) is 2.13. The van der Waals surface area contributed by atoms with E-state index in [2.05, 4.69) is 6.92 Å². The molecule has 17 heavy (non-hydrogen) atoms. The minimum Gasteiger partial charge on any atom is -0.508 e. The van der Waals surface area contributed by atoms with Crippen LogP contribution in [-0.2, 0) is 17.6 Å². The summed E-state index contributed by atoms with van der Waals surface area (Å²) in [6.07, 6.45) is 4.12. The zero-order valence-electron chi connectivity index (χ0n) is 10.6. The van der Waals surface area contributed by atoms with Crippen molar-refractivity contribution in [2.24, 2.45) is 0 Å². The molecule has 0 amide bonds. The maximum absolute atomic E-state index is 10.6. The summed E-state index contributed by atoms with van der Waals surface area (Å²) in [4.78, 5) is 10.6. The summed E-state index contributed by atoms with van der Waals surface area (Å²) in [7, 11) is 0. The third-order valence-corrected chi connectivity index (χ3v) is 2.55. The molecule has 0 radical (unpaired) electrons. The Balaban J connectivity index is 0.00000256. The van der Waals surface area contributed by atoms with Crippen LogP contribution in [0.1, 0.15) is 37.3 Å². The number of rotatable bonds is 6. The Morgan fingerprint density at radius 1 is 1.29 bits per heavy atom. The Morgan fingerprint density at radius 3 is 2.59 bits per heavy atom. The van der Waals surface area contributed by atoms with E-state index < -0.39 is 5.97 Å². The van der Waals surface area contributed by atoms with Gasteiger partial charge in [0.1, 0.15) is 5.75 Å². The van der Waals surface area contributed by atoms with Crippen LogP contribution in [0.5, 0.6) is 5.75 Å². The number of hydrogen-bond donors (Lipinski definition) is 2. The third kappa shape index (κ3) is 6.10. The Hall–Kier alpha value is -0.510. The number of aryl methyl sites for hydroxylation is 1. The molecule has 0 fully saturated rings. The molecule has 1 aromatic rings. The van der Waals surface area contributed by atoms with Crippen LogP contribution in [-0.4, -0.2) is 16.2 Å². The van der Waals surface area contributed by atoms with Gasteiger partial charge in [-0.1, -0.05) is 31.9 Å². The van der Waals surface area contributed by atoms with Gasteiger partial charge in [-0.2, -0.15) is 0 Å². The van der Waals surface area contributed by atoms with Crippen molar-refractivity contribution < 1.29 is 44.6 Å². The maximum Gasteiger partial charge on any atom is 1.00 e. The second-order valence-electron chi connectivity index (χ2n) is 3.99. The molecule has 3 nitrogen and oxygen atoms in total. The van der Waals surface area contributed by atoms with Gasteiger partial charge in [-0.05, 0) is 30.0 Å². The summed E-state index contributed by atoms with van der Waals surface area (Å²) in [6, 6.07) is 5.03. The fourth-order valence-electron chi connectivity index (χ4n) is 1.69. The molecule has 1 aromatic carbocycles. The number of phenols is 1. The van der Waals surface area contributed by atoms with E-state index in [4.69, 9.17) is 5.11 Å². The molecule has 0 saturated carbocycles. The van der Waals surface area contributed by atoms with Gasteiger partial charge in [0.05, 0.1) is 6.42 Å². The van der Waals surface area contributed by atoms with Gasteiger partial charge in [0.15, 0.2) is 0 Å². The molecule has 0 aromatic heterocycles. The molecule has 0 heterocycles. The second-order valence-corrected chi connectivity index (χ2v) is 3.99. The van der Waals surface area contributed by atoms with Gasteiger partial charge in [0.25, 0.3) is 0 Å². The van der Waals surface area contributed by atoms with Gasteiger partial charge in [0, 0.05) is 0 Å². The van der Waals surface area contributed by atoms with Crippen molar-refractivity contribution in [2.45, 2.75) is 39.0 Å². The average Bonchev–Trinajstić information content (AvgIpc) is 2.22. The maximum atomic E-state index is 10.6. The first-order valence-corrected chi connectivity index (χ1v) is 5.66. The molecule has 1 rings (SSSR count). The molecule has 2 N–H and O–H groups in total. The van der Waals surface area contributed by atoms with Crippen LogP contribution in [0.3, 0.4) is 0 Å². The van der Waals surface area contributed by atoms with Gasteiger partial charge in [-0.25, -0.2) is 0 Å². The summed E-state index contributed by atoms with van der Waals surface area (Å²) in [5.41, 5.74) is 1.60. The first-order valence-electron chi connectivity index (χ1n) is 5.66. The van der Waals surface area contributed by atoms with Gasteiger partial charge in [0.2, 0.25) is 0 Å². The molecule has 0 aliphatic heterocycles. The fourth-order valence-corrected chi connectivity index (χ4v) is 1.69. The Labute approximate surface area is 124 Å². The topological polar surface area (TPSA) is 57.5 Å². The minimum absolute atomic E-state index is 0. The van der Waals surface area contributed by atoms with E-state index in [0.717, 1.165) is 36.8 Å². The van der Waals surface area contributed by atoms with Crippen LogP contribution in [0.2, 0.25) is 0 Å². The fraction of sp³-hybridized carbons (Fsp3) is 0.462. The van der Waals surface area contributed by atoms with E-state index in [1.54, 1.807) is 18.2 Å². The molecule has 0 aliphatic rings. The van der Waals surface area contributed by atoms with Gasteiger partial charge in [-0.3, -0.25) is 4.79 Å². The summed E-state index contributed by atoms with van der Waals surface area (Å²) < 4.78 is 0. The molecule has 0 spiro atoms. The minimum atomic E-state index is -0.842. The SMILES string of the molecule is CCCCCc1cc(CC(=O)O)ccc1O.[Na+]. The molecule has 0 saturated heterocycles. The summed E-state index contributed by atoms with van der Waals surface area (Å²) in [5, 5.41) is 18.3. The first-order chi connectivity index (χ1) is 7.63. The van der Waals surface area contributed by atoms with E-state index in [9.17, 15) is 9.90 Å². The van der Waals surface area contributed by atoms with Crippen molar-refractivity contribution in [3.05, 3.63) is 29.3 Å². The molecular formula is C13H18NaO3+. The molecule has 0 atom stereocenters. The molecular weight excluding hydrogens is 227 g/mol. The monoisotopic (exact) mass is 245 g/mol. The van der Waals surface area contributed by atoms with Crippen LogP contribution in [0.25, 0.3) is 0 Å². The quantitative estimate of drug-likeness (QED) is 0.537. The molecule has 0 aliphatic carbocycles. The smallest absolute Gasteiger partial charge is 0.508 e. The second kappa shape index (κ2) is 8.56. The van der Waals surface area contributed by atoms with Crippen molar-refractivity contribution in [3.63, 3.8) is 0 Å². The van der Waals surface area contributed by atoms with Gasteiger partial charge >= 0.3 is 35.5 Å². The number of phenolic OH excluding ortho intramolecular Hbond substituents is 1. The Bertz CT molecular complexity index is 364. The van der Waals surface area contributed by atoms with Crippen LogP contribution in [0, 0.1) is 0 Å². The molecule has 0 bridgehead atoms. The zero-order valence-corrected chi connectivity index (χ0v) is 12.6.